The number of hydrogen-bond acceptors (Lipinski definition) is 3. The van der Waals surface area contributed by atoms with E-state index < -0.39 is 11.5 Å². The maximum Gasteiger partial charge on any atom is 0.330 e. The van der Waals surface area contributed by atoms with Crippen LogP contribution < -0.4 is 5.32 Å². The molecule has 2 unspecified atom stereocenters. The van der Waals surface area contributed by atoms with Gasteiger partial charge in [-0.3, -0.25) is 4.79 Å². The molecule has 3 aliphatic heterocycles. The molecule has 5 heteroatoms. The normalized spacial score (nSPS) is 36.2. The van der Waals surface area contributed by atoms with Crippen LogP contribution in [0.4, 0.5) is 0 Å². The zero-order valence-electron chi connectivity index (χ0n) is 8.12. The van der Waals surface area contributed by atoms with Gasteiger partial charge in [-0.05, 0) is 19.8 Å². The predicted molar refractivity (Wildman–Crippen MR) is 48.8 cm³/mol. The number of carboxylic acids is 1. The smallest absolute Gasteiger partial charge is 0.330 e. The molecule has 0 radical (unpaired) electrons. The monoisotopic (exact) mass is 198 g/mol. The Kier molecular flexibility index (Phi) is 1.99. The Morgan fingerprint density at radius 2 is 2.50 bits per heavy atom. The Hall–Kier alpha value is -1.10. The molecule has 0 spiro atoms. The van der Waals surface area contributed by atoms with Crippen molar-refractivity contribution in [2.75, 3.05) is 13.1 Å². The maximum atomic E-state index is 11.7. The number of fused-ring (bicyclic) bond motifs is 3. The van der Waals surface area contributed by atoms with Gasteiger partial charge in [0.05, 0.1) is 6.04 Å². The van der Waals surface area contributed by atoms with Gasteiger partial charge in [0, 0.05) is 13.1 Å². The lowest BCUT2D eigenvalue weighted by molar-refractivity contribution is -0.170. The van der Waals surface area contributed by atoms with Gasteiger partial charge in [0.15, 0.2) is 5.54 Å². The van der Waals surface area contributed by atoms with Gasteiger partial charge >= 0.3 is 5.97 Å². The largest absolute Gasteiger partial charge is 0.479 e. The lowest BCUT2D eigenvalue weighted by Gasteiger charge is -2.51. The van der Waals surface area contributed by atoms with E-state index in [4.69, 9.17) is 0 Å². The topological polar surface area (TPSA) is 69.6 Å². The fourth-order valence-corrected chi connectivity index (χ4v) is 2.46. The van der Waals surface area contributed by atoms with Crippen LogP contribution in [-0.2, 0) is 9.59 Å². The predicted octanol–water partition coefficient (Wildman–Crippen LogP) is -0.576. The molecule has 0 aromatic carbocycles. The number of piperazine rings is 1. The van der Waals surface area contributed by atoms with Gasteiger partial charge in [0.1, 0.15) is 0 Å². The summed E-state index contributed by atoms with van der Waals surface area (Å²) in [7, 11) is 0. The van der Waals surface area contributed by atoms with Crippen LogP contribution in [0.25, 0.3) is 0 Å². The van der Waals surface area contributed by atoms with Gasteiger partial charge in [-0.25, -0.2) is 4.79 Å². The molecule has 3 aliphatic rings. The van der Waals surface area contributed by atoms with E-state index in [0.717, 1.165) is 0 Å². The number of nitrogens with one attached hydrogen (secondary N) is 1. The lowest BCUT2D eigenvalue weighted by atomic mass is 9.80. The summed E-state index contributed by atoms with van der Waals surface area (Å²) >= 11 is 0. The number of carbonyl (C=O) groups is 2. The summed E-state index contributed by atoms with van der Waals surface area (Å²) in [4.78, 5) is 24.4. The molecule has 2 bridgehead atoms. The van der Waals surface area contributed by atoms with Crippen LogP contribution in [0.3, 0.4) is 0 Å². The molecular formula is C9H14N2O3. The van der Waals surface area contributed by atoms with Gasteiger partial charge in [0.25, 0.3) is 0 Å². The third-order valence-corrected chi connectivity index (χ3v) is 3.28. The minimum atomic E-state index is -0.986. The Balaban J connectivity index is 2.37. The number of rotatable bonds is 2. The molecule has 0 aliphatic carbocycles. The number of piperidine rings is 2. The highest BCUT2D eigenvalue weighted by molar-refractivity contribution is 5.93. The second kappa shape index (κ2) is 2.95. The zero-order chi connectivity index (χ0) is 10.3. The van der Waals surface area contributed by atoms with Crippen molar-refractivity contribution in [2.45, 2.75) is 31.3 Å². The van der Waals surface area contributed by atoms with Crippen molar-refractivity contribution in [3.63, 3.8) is 0 Å². The van der Waals surface area contributed by atoms with Crippen molar-refractivity contribution < 1.29 is 14.7 Å². The first-order valence-corrected chi connectivity index (χ1v) is 4.90. The van der Waals surface area contributed by atoms with E-state index in [-0.39, 0.29) is 11.9 Å². The molecule has 14 heavy (non-hydrogen) atoms. The first kappa shape index (κ1) is 9.45. The quantitative estimate of drug-likeness (QED) is 0.623. The van der Waals surface area contributed by atoms with Crippen molar-refractivity contribution >= 4 is 11.9 Å². The fourth-order valence-electron chi connectivity index (χ4n) is 2.46. The van der Waals surface area contributed by atoms with Crippen LogP contribution in [0.5, 0.6) is 0 Å². The molecule has 3 rings (SSSR count). The van der Waals surface area contributed by atoms with E-state index in [9.17, 15) is 14.7 Å². The summed E-state index contributed by atoms with van der Waals surface area (Å²) in [5.74, 6) is -0.953. The number of amides is 1. The van der Waals surface area contributed by atoms with E-state index in [1.807, 2.05) is 6.92 Å². The average Bonchev–Trinajstić information content (AvgIpc) is 2.19. The van der Waals surface area contributed by atoms with Crippen molar-refractivity contribution in [3.05, 3.63) is 0 Å². The van der Waals surface area contributed by atoms with Gasteiger partial charge in [-0.2, -0.15) is 0 Å². The highest BCUT2D eigenvalue weighted by Crippen LogP contribution is 2.33. The molecule has 0 aromatic heterocycles. The van der Waals surface area contributed by atoms with Crippen molar-refractivity contribution in [1.29, 1.82) is 0 Å². The van der Waals surface area contributed by atoms with Crippen LogP contribution >= 0.6 is 0 Å². The number of carboxylic acid groups (broad SMARTS) is 1. The number of hydrogen-bond donors (Lipinski definition) is 2. The standard InChI is InChI=1S/C9H14N2O3/c1-2-11-7(12)6-3-4-9(11,5-10-6)8(13)14/h6,10H,2-5H2,1H3,(H,13,14). The summed E-state index contributed by atoms with van der Waals surface area (Å²) in [6.07, 6.45) is 1.21. The van der Waals surface area contributed by atoms with Crippen molar-refractivity contribution in [2.24, 2.45) is 0 Å². The molecular weight excluding hydrogens is 184 g/mol. The third-order valence-electron chi connectivity index (χ3n) is 3.28. The van der Waals surface area contributed by atoms with Gasteiger partial charge in [0.2, 0.25) is 5.91 Å². The third kappa shape index (κ3) is 0.987. The molecule has 3 heterocycles. The Morgan fingerprint density at radius 3 is 2.86 bits per heavy atom. The van der Waals surface area contributed by atoms with E-state index in [0.29, 0.717) is 25.9 Å². The molecule has 78 valence electrons. The fraction of sp³-hybridized carbons (Fsp3) is 0.778. The van der Waals surface area contributed by atoms with E-state index >= 15 is 0 Å². The molecule has 2 N–H and O–H groups in total. The van der Waals surface area contributed by atoms with Gasteiger partial charge in [-0.1, -0.05) is 0 Å². The zero-order valence-corrected chi connectivity index (χ0v) is 8.12. The van der Waals surface area contributed by atoms with E-state index in [2.05, 4.69) is 5.32 Å². The Morgan fingerprint density at radius 1 is 1.79 bits per heavy atom. The Bertz CT molecular complexity index is 282. The van der Waals surface area contributed by atoms with Crippen molar-refractivity contribution in [3.8, 4) is 0 Å². The minimum Gasteiger partial charge on any atom is -0.479 e. The molecule has 1 amide bonds. The van der Waals surface area contributed by atoms with Gasteiger partial charge in [-0.15, -0.1) is 0 Å². The highest BCUT2D eigenvalue weighted by atomic mass is 16.4. The average molecular weight is 198 g/mol. The van der Waals surface area contributed by atoms with E-state index in [1.165, 1.54) is 4.90 Å². The summed E-state index contributed by atoms with van der Waals surface area (Å²) in [6, 6.07) is -0.156. The molecule has 3 fully saturated rings. The number of nitrogens with zero attached hydrogens (tertiary/aromatic N) is 1. The molecule has 2 atom stereocenters. The number of carbonyl (C=O) groups excluding carboxylic acids is 1. The first-order valence-electron chi connectivity index (χ1n) is 4.90. The van der Waals surface area contributed by atoms with E-state index in [1.54, 1.807) is 0 Å². The Labute approximate surface area is 82.1 Å². The van der Waals surface area contributed by atoms with Gasteiger partial charge < -0.3 is 15.3 Å². The van der Waals surface area contributed by atoms with Crippen LogP contribution in [-0.4, -0.2) is 46.6 Å². The van der Waals surface area contributed by atoms with Crippen LogP contribution in [0.15, 0.2) is 0 Å². The summed E-state index contributed by atoms with van der Waals surface area (Å²) in [6.45, 7) is 2.68. The second-order valence-corrected chi connectivity index (χ2v) is 3.89. The highest BCUT2D eigenvalue weighted by Gasteiger charge is 2.55. The van der Waals surface area contributed by atoms with Crippen LogP contribution in [0.2, 0.25) is 0 Å². The SMILES string of the molecule is CCN1C(=O)C2CCC1(C(=O)O)CN2. The number of aliphatic carboxylic acids is 1. The molecule has 3 saturated heterocycles. The molecule has 0 aromatic rings. The summed E-state index contributed by atoms with van der Waals surface area (Å²) in [5, 5.41) is 12.2. The second-order valence-electron chi connectivity index (χ2n) is 3.89. The first-order chi connectivity index (χ1) is 6.62. The molecule has 5 nitrogen and oxygen atoms in total. The van der Waals surface area contributed by atoms with Crippen LogP contribution in [0, 0.1) is 0 Å². The summed E-state index contributed by atoms with van der Waals surface area (Å²) in [5.41, 5.74) is -0.986. The maximum absolute atomic E-state index is 11.7. The minimum absolute atomic E-state index is 0.0626. The number of likely N-dealkylation sites (N-methyl/N-ethyl adjacent to an activating group) is 1. The summed E-state index contributed by atoms with van der Waals surface area (Å²) < 4.78 is 0. The van der Waals surface area contributed by atoms with Crippen molar-refractivity contribution in [1.82, 2.24) is 10.2 Å². The van der Waals surface area contributed by atoms with Crippen LogP contribution in [0.1, 0.15) is 19.8 Å². The molecule has 0 saturated carbocycles. The lowest BCUT2D eigenvalue weighted by Crippen LogP contribution is -2.74.